The highest BCUT2D eigenvalue weighted by Gasteiger charge is 2.24. The van der Waals surface area contributed by atoms with Gasteiger partial charge < -0.3 is 15.6 Å². The van der Waals surface area contributed by atoms with Gasteiger partial charge in [0.1, 0.15) is 6.04 Å². The first kappa shape index (κ1) is 8.23. The fourth-order valence-corrected chi connectivity index (χ4v) is 0.955. The Bertz CT molecular complexity index is 179. The molecule has 4 heteroatoms. The van der Waals surface area contributed by atoms with Crippen LogP contribution in [0, 0.1) is 0 Å². The van der Waals surface area contributed by atoms with E-state index in [1.165, 1.54) is 0 Å². The number of carboxylic acids is 1. The van der Waals surface area contributed by atoms with Crippen LogP contribution in [-0.2, 0) is 9.53 Å². The summed E-state index contributed by atoms with van der Waals surface area (Å²) < 4.78 is 5.11. The molecule has 62 valence electrons. The summed E-state index contributed by atoms with van der Waals surface area (Å²) in [6, 6.07) is -0.903. The lowest BCUT2D eigenvalue weighted by Crippen LogP contribution is -2.43. The summed E-state index contributed by atoms with van der Waals surface area (Å²) in [5.74, 6) is -1.01. The topological polar surface area (TPSA) is 72.6 Å². The number of hydrogen-bond acceptors (Lipinski definition) is 3. The van der Waals surface area contributed by atoms with Crippen molar-refractivity contribution in [2.75, 3.05) is 6.61 Å². The van der Waals surface area contributed by atoms with E-state index in [1.807, 2.05) is 12.2 Å². The van der Waals surface area contributed by atoms with Crippen LogP contribution in [0.15, 0.2) is 12.2 Å². The highest BCUT2D eigenvalue weighted by atomic mass is 16.5. The molecule has 1 rings (SSSR count). The second kappa shape index (κ2) is 3.50. The molecule has 1 heterocycles. The Kier molecular flexibility index (Phi) is 2.62. The average molecular weight is 157 g/mol. The van der Waals surface area contributed by atoms with Crippen LogP contribution in [-0.4, -0.2) is 29.8 Å². The SMILES string of the molecule is N[C@H](C(=O)O)[C@@H]1CC=CCO1. The van der Waals surface area contributed by atoms with E-state index in [0.29, 0.717) is 13.0 Å². The molecule has 0 saturated carbocycles. The van der Waals surface area contributed by atoms with Gasteiger partial charge in [-0.3, -0.25) is 4.79 Å². The molecule has 0 radical (unpaired) electrons. The minimum atomic E-state index is -1.01. The van der Waals surface area contributed by atoms with Gasteiger partial charge in [-0.1, -0.05) is 12.2 Å². The van der Waals surface area contributed by atoms with E-state index in [4.69, 9.17) is 15.6 Å². The third-order valence-corrected chi connectivity index (χ3v) is 1.63. The third kappa shape index (κ3) is 2.03. The van der Waals surface area contributed by atoms with Crippen molar-refractivity contribution in [3.05, 3.63) is 12.2 Å². The van der Waals surface area contributed by atoms with Crippen molar-refractivity contribution < 1.29 is 14.6 Å². The molecule has 1 aliphatic heterocycles. The minimum Gasteiger partial charge on any atom is -0.480 e. The van der Waals surface area contributed by atoms with Crippen molar-refractivity contribution in [2.45, 2.75) is 18.6 Å². The lowest BCUT2D eigenvalue weighted by molar-refractivity contribution is -0.142. The van der Waals surface area contributed by atoms with E-state index in [2.05, 4.69) is 0 Å². The highest BCUT2D eigenvalue weighted by molar-refractivity contribution is 5.74. The molecule has 2 atom stereocenters. The molecule has 0 fully saturated rings. The Morgan fingerprint density at radius 3 is 2.91 bits per heavy atom. The lowest BCUT2D eigenvalue weighted by Gasteiger charge is -2.21. The Labute approximate surface area is 64.6 Å². The molecular formula is C7H11NO3. The quantitative estimate of drug-likeness (QED) is 0.542. The maximum Gasteiger partial charge on any atom is 0.323 e. The predicted octanol–water partition coefficient (Wildman–Crippen LogP) is -0.257. The van der Waals surface area contributed by atoms with Crippen molar-refractivity contribution in [3.63, 3.8) is 0 Å². The van der Waals surface area contributed by atoms with E-state index < -0.39 is 12.0 Å². The summed E-state index contributed by atoms with van der Waals surface area (Å²) in [6.07, 6.45) is 3.97. The normalized spacial score (nSPS) is 26.5. The second-order valence-corrected chi connectivity index (χ2v) is 2.44. The number of rotatable bonds is 2. The summed E-state index contributed by atoms with van der Waals surface area (Å²) in [5.41, 5.74) is 5.33. The average Bonchev–Trinajstić information content (AvgIpc) is 2.05. The van der Waals surface area contributed by atoms with E-state index in [9.17, 15) is 4.79 Å². The van der Waals surface area contributed by atoms with Crippen molar-refractivity contribution in [3.8, 4) is 0 Å². The van der Waals surface area contributed by atoms with Gasteiger partial charge in [0, 0.05) is 0 Å². The monoisotopic (exact) mass is 157 g/mol. The molecule has 0 aliphatic carbocycles. The molecule has 1 aliphatic rings. The van der Waals surface area contributed by atoms with Crippen LogP contribution < -0.4 is 5.73 Å². The van der Waals surface area contributed by atoms with Gasteiger partial charge in [-0.2, -0.15) is 0 Å². The molecule has 0 bridgehead atoms. The lowest BCUT2D eigenvalue weighted by atomic mass is 10.1. The fraction of sp³-hybridized carbons (Fsp3) is 0.571. The first-order chi connectivity index (χ1) is 5.22. The largest absolute Gasteiger partial charge is 0.480 e. The van der Waals surface area contributed by atoms with E-state index in [-0.39, 0.29) is 6.10 Å². The van der Waals surface area contributed by atoms with Gasteiger partial charge in [-0.15, -0.1) is 0 Å². The van der Waals surface area contributed by atoms with Crippen molar-refractivity contribution in [2.24, 2.45) is 5.73 Å². The van der Waals surface area contributed by atoms with E-state index in [0.717, 1.165) is 0 Å². The molecule has 0 aromatic heterocycles. The van der Waals surface area contributed by atoms with Crippen molar-refractivity contribution in [1.29, 1.82) is 0 Å². The standard InChI is InChI=1S/C7H11NO3/c8-6(7(9)10)5-3-1-2-4-11-5/h1-2,5-6H,3-4,8H2,(H,9,10)/t5-,6-/m0/s1. The van der Waals surface area contributed by atoms with E-state index in [1.54, 1.807) is 0 Å². The smallest absolute Gasteiger partial charge is 0.323 e. The molecule has 0 spiro atoms. The predicted molar refractivity (Wildman–Crippen MR) is 39.1 cm³/mol. The van der Waals surface area contributed by atoms with Gasteiger partial charge in [0.15, 0.2) is 0 Å². The summed E-state index contributed by atoms with van der Waals surface area (Å²) in [4.78, 5) is 10.4. The van der Waals surface area contributed by atoms with Gasteiger partial charge in [0.25, 0.3) is 0 Å². The number of aliphatic carboxylic acids is 1. The maximum atomic E-state index is 10.4. The van der Waals surface area contributed by atoms with Crippen LogP contribution in [0.25, 0.3) is 0 Å². The Morgan fingerprint density at radius 1 is 1.73 bits per heavy atom. The summed E-state index contributed by atoms with van der Waals surface area (Å²) in [6.45, 7) is 0.464. The molecule has 3 N–H and O–H groups in total. The van der Waals surface area contributed by atoms with Crippen LogP contribution in [0.1, 0.15) is 6.42 Å². The molecule has 4 nitrogen and oxygen atoms in total. The number of carbonyl (C=O) groups is 1. The minimum absolute atomic E-state index is 0.363. The molecular weight excluding hydrogens is 146 g/mol. The number of carboxylic acid groups (broad SMARTS) is 1. The van der Waals surface area contributed by atoms with Crippen LogP contribution in [0.5, 0.6) is 0 Å². The van der Waals surface area contributed by atoms with Gasteiger partial charge in [0.2, 0.25) is 0 Å². The molecule has 11 heavy (non-hydrogen) atoms. The van der Waals surface area contributed by atoms with Gasteiger partial charge in [-0.05, 0) is 6.42 Å². The highest BCUT2D eigenvalue weighted by Crippen LogP contribution is 2.08. The van der Waals surface area contributed by atoms with Crippen molar-refractivity contribution in [1.82, 2.24) is 0 Å². The molecule has 0 aromatic rings. The Hall–Kier alpha value is -0.870. The first-order valence-electron chi connectivity index (χ1n) is 3.47. The molecule has 0 amide bonds. The zero-order valence-electron chi connectivity index (χ0n) is 6.06. The Morgan fingerprint density at radius 2 is 2.45 bits per heavy atom. The van der Waals surface area contributed by atoms with Gasteiger partial charge in [0.05, 0.1) is 12.7 Å². The number of ether oxygens (including phenoxy) is 1. The second-order valence-electron chi connectivity index (χ2n) is 2.44. The number of nitrogens with two attached hydrogens (primary N) is 1. The van der Waals surface area contributed by atoms with Crippen LogP contribution in [0.3, 0.4) is 0 Å². The first-order valence-corrected chi connectivity index (χ1v) is 3.47. The number of hydrogen-bond donors (Lipinski definition) is 2. The van der Waals surface area contributed by atoms with Crippen LogP contribution in [0.4, 0.5) is 0 Å². The van der Waals surface area contributed by atoms with Crippen molar-refractivity contribution >= 4 is 5.97 Å². The third-order valence-electron chi connectivity index (χ3n) is 1.63. The molecule has 0 unspecified atom stereocenters. The molecule has 0 aromatic carbocycles. The maximum absolute atomic E-state index is 10.4. The van der Waals surface area contributed by atoms with Gasteiger partial charge >= 0.3 is 5.97 Å². The summed E-state index contributed by atoms with van der Waals surface area (Å²) in [7, 11) is 0. The van der Waals surface area contributed by atoms with Crippen LogP contribution >= 0.6 is 0 Å². The zero-order chi connectivity index (χ0) is 8.27. The fourth-order valence-electron chi connectivity index (χ4n) is 0.955. The summed E-state index contributed by atoms with van der Waals surface area (Å²) >= 11 is 0. The van der Waals surface area contributed by atoms with Crippen LogP contribution in [0.2, 0.25) is 0 Å². The van der Waals surface area contributed by atoms with E-state index >= 15 is 0 Å². The summed E-state index contributed by atoms with van der Waals surface area (Å²) in [5, 5.41) is 8.51. The zero-order valence-corrected chi connectivity index (χ0v) is 6.06. The molecule has 0 saturated heterocycles. The van der Waals surface area contributed by atoms with Gasteiger partial charge in [-0.25, -0.2) is 0 Å². The Balaban J connectivity index is 2.46.